The molecule has 4 unspecified atom stereocenters. The van der Waals surface area contributed by atoms with E-state index < -0.39 is 0 Å². The minimum absolute atomic E-state index is 0.155. The summed E-state index contributed by atoms with van der Waals surface area (Å²) in [5.41, 5.74) is 0.713. The van der Waals surface area contributed by atoms with Gasteiger partial charge in [-0.15, -0.1) is 0 Å². The van der Waals surface area contributed by atoms with E-state index in [1.165, 1.54) is 6.07 Å². The van der Waals surface area contributed by atoms with Crippen LogP contribution in [0.2, 0.25) is 5.02 Å². The molecular weight excluding hydrogens is 325 g/mol. The molecule has 21 heavy (non-hydrogen) atoms. The fourth-order valence-corrected chi connectivity index (χ4v) is 5.88. The summed E-state index contributed by atoms with van der Waals surface area (Å²) >= 11 is 10.1. The lowest BCUT2D eigenvalue weighted by molar-refractivity contribution is 0.505. The van der Waals surface area contributed by atoms with Crippen molar-refractivity contribution in [3.8, 4) is 0 Å². The van der Waals surface area contributed by atoms with Crippen LogP contribution in [0.25, 0.3) is 0 Å². The molecular formula is C16H23ClFNS2. The van der Waals surface area contributed by atoms with Crippen LogP contribution in [-0.4, -0.2) is 34.1 Å². The third-order valence-electron chi connectivity index (χ3n) is 3.94. The number of likely N-dealkylation sites (N-methyl/N-ethyl adjacent to an activating group) is 1. The van der Waals surface area contributed by atoms with Gasteiger partial charge in [-0.2, -0.15) is 23.5 Å². The average Bonchev–Trinajstić information content (AvgIpc) is 2.45. The van der Waals surface area contributed by atoms with Gasteiger partial charge in [0.25, 0.3) is 0 Å². The summed E-state index contributed by atoms with van der Waals surface area (Å²) in [6.07, 6.45) is 0.694. The lowest BCUT2D eigenvalue weighted by Gasteiger charge is -2.36. The molecule has 1 aliphatic heterocycles. The molecule has 1 aromatic rings. The fraction of sp³-hybridized carbons (Fsp3) is 0.625. The summed E-state index contributed by atoms with van der Waals surface area (Å²) in [7, 11) is 0. The van der Waals surface area contributed by atoms with Gasteiger partial charge in [0.05, 0.1) is 0 Å². The second-order valence-electron chi connectivity index (χ2n) is 5.52. The fourth-order valence-electron chi connectivity index (χ4n) is 2.55. The van der Waals surface area contributed by atoms with Crippen molar-refractivity contribution in [1.29, 1.82) is 0 Å². The van der Waals surface area contributed by atoms with E-state index in [1.54, 1.807) is 12.1 Å². The number of nitrogens with one attached hydrogen (secondary N) is 1. The van der Waals surface area contributed by atoms with Crippen LogP contribution in [0.3, 0.4) is 0 Å². The van der Waals surface area contributed by atoms with E-state index in [-0.39, 0.29) is 11.9 Å². The highest BCUT2D eigenvalue weighted by molar-refractivity contribution is 8.07. The lowest BCUT2D eigenvalue weighted by Crippen LogP contribution is -2.44. The van der Waals surface area contributed by atoms with Gasteiger partial charge in [0, 0.05) is 32.6 Å². The molecule has 1 nitrogen and oxygen atoms in total. The van der Waals surface area contributed by atoms with Crippen LogP contribution in [0.1, 0.15) is 26.3 Å². The first kappa shape index (κ1) is 17.5. The van der Waals surface area contributed by atoms with Crippen molar-refractivity contribution in [2.45, 2.75) is 49.0 Å². The number of hydrogen-bond acceptors (Lipinski definition) is 3. The van der Waals surface area contributed by atoms with Crippen LogP contribution in [-0.2, 0) is 6.42 Å². The van der Waals surface area contributed by atoms with Crippen LogP contribution in [0.5, 0.6) is 0 Å². The Bertz CT molecular complexity index is 472. The smallest absolute Gasteiger partial charge is 0.126 e. The van der Waals surface area contributed by atoms with Gasteiger partial charge in [0.1, 0.15) is 5.82 Å². The van der Waals surface area contributed by atoms with Crippen LogP contribution >= 0.6 is 35.1 Å². The summed E-state index contributed by atoms with van der Waals surface area (Å²) in [5.74, 6) is 0.966. The highest BCUT2D eigenvalue weighted by Crippen LogP contribution is 2.37. The molecule has 1 aliphatic rings. The van der Waals surface area contributed by atoms with Gasteiger partial charge >= 0.3 is 0 Å². The van der Waals surface area contributed by atoms with Gasteiger partial charge < -0.3 is 5.32 Å². The number of thioether (sulfide) groups is 2. The van der Waals surface area contributed by atoms with Crippen molar-refractivity contribution in [1.82, 2.24) is 5.32 Å². The van der Waals surface area contributed by atoms with E-state index in [9.17, 15) is 4.39 Å². The highest BCUT2D eigenvalue weighted by Gasteiger charge is 2.31. The van der Waals surface area contributed by atoms with Gasteiger partial charge in [0.15, 0.2) is 0 Å². The van der Waals surface area contributed by atoms with Crippen LogP contribution in [0, 0.1) is 5.82 Å². The zero-order valence-electron chi connectivity index (χ0n) is 12.7. The van der Waals surface area contributed by atoms with Crippen molar-refractivity contribution in [2.24, 2.45) is 0 Å². The summed E-state index contributed by atoms with van der Waals surface area (Å²) < 4.78 is 14.0. The predicted octanol–water partition coefficient (Wildman–Crippen LogP) is 4.63. The molecule has 1 heterocycles. The number of rotatable bonds is 5. The van der Waals surface area contributed by atoms with Gasteiger partial charge in [-0.05, 0) is 36.7 Å². The van der Waals surface area contributed by atoms with E-state index >= 15 is 0 Å². The largest absolute Gasteiger partial charge is 0.313 e. The van der Waals surface area contributed by atoms with Gasteiger partial charge in [0.2, 0.25) is 0 Å². The van der Waals surface area contributed by atoms with E-state index in [0.29, 0.717) is 32.8 Å². The van der Waals surface area contributed by atoms with Crippen molar-refractivity contribution < 1.29 is 4.39 Å². The molecule has 2 rings (SSSR count). The molecule has 118 valence electrons. The Hall–Kier alpha value is 0.1000. The molecule has 0 aliphatic carbocycles. The monoisotopic (exact) mass is 347 g/mol. The van der Waals surface area contributed by atoms with Gasteiger partial charge in [-0.3, -0.25) is 0 Å². The molecule has 0 radical (unpaired) electrons. The Balaban J connectivity index is 2.10. The maximum absolute atomic E-state index is 14.0. The normalized spacial score (nSPS) is 27.6. The number of halogens is 2. The first-order valence-corrected chi connectivity index (χ1v) is 9.82. The SMILES string of the molecule is CCNC(Cc1cc(Cl)ccc1F)C1CSC(C)C(C)S1. The van der Waals surface area contributed by atoms with Crippen molar-refractivity contribution in [3.05, 3.63) is 34.6 Å². The molecule has 1 N–H and O–H groups in total. The maximum Gasteiger partial charge on any atom is 0.126 e. The number of benzene rings is 1. The first-order valence-electron chi connectivity index (χ1n) is 7.45. The molecule has 0 aromatic heterocycles. The highest BCUT2D eigenvalue weighted by atomic mass is 35.5. The Kier molecular flexibility index (Phi) is 6.73. The third kappa shape index (κ3) is 4.78. The van der Waals surface area contributed by atoms with Crippen LogP contribution < -0.4 is 5.32 Å². The van der Waals surface area contributed by atoms with E-state index in [4.69, 9.17) is 11.6 Å². The second kappa shape index (κ2) is 8.09. The molecule has 4 atom stereocenters. The van der Waals surface area contributed by atoms with Crippen molar-refractivity contribution in [3.63, 3.8) is 0 Å². The topological polar surface area (TPSA) is 12.0 Å². The molecule has 0 bridgehead atoms. The van der Waals surface area contributed by atoms with Crippen molar-refractivity contribution >= 4 is 35.1 Å². The zero-order valence-corrected chi connectivity index (χ0v) is 15.1. The van der Waals surface area contributed by atoms with Gasteiger partial charge in [-0.1, -0.05) is 32.4 Å². The summed E-state index contributed by atoms with van der Waals surface area (Å²) in [6.45, 7) is 7.58. The Morgan fingerprint density at radius 3 is 2.81 bits per heavy atom. The van der Waals surface area contributed by atoms with Crippen LogP contribution in [0.15, 0.2) is 18.2 Å². The Morgan fingerprint density at radius 2 is 2.14 bits per heavy atom. The summed E-state index contributed by atoms with van der Waals surface area (Å²) in [6, 6.07) is 5.12. The zero-order chi connectivity index (χ0) is 15.4. The molecule has 1 fully saturated rings. The number of hydrogen-bond donors (Lipinski definition) is 1. The molecule has 0 amide bonds. The average molecular weight is 348 g/mol. The lowest BCUT2D eigenvalue weighted by atomic mass is 10.0. The minimum atomic E-state index is -0.155. The maximum atomic E-state index is 14.0. The molecule has 1 aromatic carbocycles. The first-order chi connectivity index (χ1) is 10.0. The molecule has 1 saturated heterocycles. The van der Waals surface area contributed by atoms with Crippen molar-refractivity contribution in [2.75, 3.05) is 12.3 Å². The summed E-state index contributed by atoms with van der Waals surface area (Å²) in [4.78, 5) is 0. The van der Waals surface area contributed by atoms with Crippen LogP contribution in [0.4, 0.5) is 4.39 Å². The minimum Gasteiger partial charge on any atom is -0.313 e. The molecule has 0 spiro atoms. The quantitative estimate of drug-likeness (QED) is 0.834. The van der Waals surface area contributed by atoms with Gasteiger partial charge in [-0.25, -0.2) is 4.39 Å². The van der Waals surface area contributed by atoms with E-state index in [0.717, 1.165) is 12.3 Å². The molecule has 5 heteroatoms. The van der Waals surface area contributed by atoms with E-state index in [1.807, 2.05) is 23.5 Å². The van der Waals surface area contributed by atoms with E-state index in [2.05, 4.69) is 26.1 Å². The summed E-state index contributed by atoms with van der Waals surface area (Å²) in [5, 5.41) is 5.99. The molecule has 0 saturated carbocycles. The Labute approximate surface area is 140 Å². The second-order valence-corrected chi connectivity index (χ2v) is 8.99. The Morgan fingerprint density at radius 1 is 1.38 bits per heavy atom. The predicted molar refractivity (Wildman–Crippen MR) is 95.3 cm³/mol. The third-order valence-corrected chi connectivity index (χ3v) is 7.72. The standard InChI is InChI=1S/C16H23ClFNS2/c1-4-19-15(16-9-20-10(2)11(3)21-16)8-12-7-13(17)5-6-14(12)18/h5-7,10-11,15-16,19H,4,8-9H2,1-3H3.